The van der Waals surface area contributed by atoms with Crippen molar-refractivity contribution in [3.8, 4) is 0 Å². The molecule has 31 heavy (non-hydrogen) atoms. The van der Waals surface area contributed by atoms with Crippen molar-refractivity contribution in [1.82, 2.24) is 4.57 Å². The summed E-state index contributed by atoms with van der Waals surface area (Å²) in [5.74, 6) is -0.695. The minimum atomic E-state index is -4.98. The number of nitrogens with two attached hydrogens (primary N) is 1. The summed E-state index contributed by atoms with van der Waals surface area (Å²) < 4.78 is 81.3. The fraction of sp³-hybridized carbons (Fsp3) is 0.136. The number of halogens is 6. The summed E-state index contributed by atoms with van der Waals surface area (Å²) in [4.78, 5) is 11.9. The minimum Gasteiger partial charge on any atom is -0.366 e. The first kappa shape index (κ1) is 20.8. The van der Waals surface area contributed by atoms with Gasteiger partial charge in [-0.1, -0.05) is 30.3 Å². The van der Waals surface area contributed by atoms with Crippen molar-refractivity contribution in [2.45, 2.75) is 18.9 Å². The lowest BCUT2D eigenvalue weighted by Gasteiger charge is -2.17. The maximum atomic E-state index is 13.6. The monoisotopic (exact) mass is 436 g/mol. The van der Waals surface area contributed by atoms with Crippen LogP contribution in [-0.4, -0.2) is 10.5 Å². The Balaban J connectivity index is 1.98. The average molecular weight is 436 g/mol. The lowest BCUT2D eigenvalue weighted by Crippen LogP contribution is -2.15. The fourth-order valence-corrected chi connectivity index (χ4v) is 3.80. The van der Waals surface area contributed by atoms with E-state index in [2.05, 4.69) is 0 Å². The standard InChI is InChI=1S/C22H14F6N2O/c23-21(24,25)13-9-8-12(16(10-13)22(26,27)28)11-30-17-6-2-1-4-14(17)19-15(20(29)31)5-3-7-18(19)30/h1-10H,11H2,(H2,29,31). The molecule has 0 aliphatic carbocycles. The Kier molecular flexibility index (Phi) is 4.72. The van der Waals surface area contributed by atoms with Crippen LogP contribution in [0.25, 0.3) is 21.8 Å². The van der Waals surface area contributed by atoms with Crippen molar-refractivity contribution in [1.29, 1.82) is 0 Å². The van der Waals surface area contributed by atoms with Crippen molar-refractivity contribution in [3.05, 3.63) is 82.9 Å². The molecule has 3 aromatic carbocycles. The zero-order chi connectivity index (χ0) is 22.6. The average Bonchev–Trinajstić information content (AvgIpc) is 3.00. The second-order valence-electron chi connectivity index (χ2n) is 7.03. The fourth-order valence-electron chi connectivity index (χ4n) is 3.80. The number of carbonyl (C=O) groups is 1. The van der Waals surface area contributed by atoms with Crippen LogP contribution in [0, 0.1) is 0 Å². The van der Waals surface area contributed by atoms with E-state index in [-0.39, 0.29) is 23.7 Å². The van der Waals surface area contributed by atoms with Gasteiger partial charge in [-0.3, -0.25) is 4.79 Å². The van der Waals surface area contributed by atoms with Crippen molar-refractivity contribution in [3.63, 3.8) is 0 Å². The molecule has 2 N–H and O–H groups in total. The molecule has 4 aromatic rings. The number of amides is 1. The van der Waals surface area contributed by atoms with Gasteiger partial charge in [-0.15, -0.1) is 0 Å². The minimum absolute atomic E-state index is 0.123. The molecular weight excluding hydrogens is 422 g/mol. The van der Waals surface area contributed by atoms with Gasteiger partial charge in [-0.2, -0.15) is 26.3 Å². The van der Waals surface area contributed by atoms with Crippen LogP contribution in [0.1, 0.15) is 27.0 Å². The number of hydrogen-bond donors (Lipinski definition) is 1. The zero-order valence-corrected chi connectivity index (χ0v) is 15.7. The first-order chi connectivity index (χ1) is 14.5. The van der Waals surface area contributed by atoms with E-state index in [1.807, 2.05) is 0 Å². The van der Waals surface area contributed by atoms with Crippen LogP contribution in [0.3, 0.4) is 0 Å². The number of hydrogen-bond acceptors (Lipinski definition) is 1. The van der Waals surface area contributed by atoms with E-state index in [4.69, 9.17) is 5.73 Å². The summed E-state index contributed by atoms with van der Waals surface area (Å²) in [6, 6.07) is 13.0. The number of benzene rings is 3. The topological polar surface area (TPSA) is 48.0 Å². The van der Waals surface area contributed by atoms with Crippen LogP contribution in [0.4, 0.5) is 26.3 Å². The highest BCUT2D eigenvalue weighted by Gasteiger charge is 2.38. The normalized spacial score (nSPS) is 12.6. The smallest absolute Gasteiger partial charge is 0.366 e. The Morgan fingerprint density at radius 2 is 1.52 bits per heavy atom. The highest BCUT2D eigenvalue weighted by molar-refractivity contribution is 6.17. The van der Waals surface area contributed by atoms with E-state index in [1.54, 1.807) is 36.4 Å². The number of nitrogens with zero attached hydrogens (tertiary/aromatic N) is 1. The predicted octanol–water partition coefficient (Wildman–Crippen LogP) is 5.98. The van der Waals surface area contributed by atoms with Gasteiger partial charge in [0.15, 0.2) is 0 Å². The van der Waals surface area contributed by atoms with Gasteiger partial charge in [0.2, 0.25) is 5.91 Å². The molecular formula is C22H14F6N2O. The van der Waals surface area contributed by atoms with E-state index in [1.165, 1.54) is 10.6 Å². The van der Waals surface area contributed by atoms with E-state index >= 15 is 0 Å². The van der Waals surface area contributed by atoms with Crippen LogP contribution in [0.2, 0.25) is 0 Å². The Morgan fingerprint density at radius 3 is 2.16 bits per heavy atom. The number of carbonyl (C=O) groups excluding carboxylic acids is 1. The maximum absolute atomic E-state index is 13.6. The Hall–Kier alpha value is -3.49. The van der Waals surface area contributed by atoms with E-state index in [0.29, 0.717) is 27.9 Å². The molecule has 0 fully saturated rings. The van der Waals surface area contributed by atoms with E-state index in [0.717, 1.165) is 6.07 Å². The van der Waals surface area contributed by atoms with Crippen LogP contribution < -0.4 is 5.73 Å². The second kappa shape index (κ2) is 7.04. The first-order valence-corrected chi connectivity index (χ1v) is 9.05. The molecule has 0 atom stereocenters. The molecule has 0 spiro atoms. The summed E-state index contributed by atoms with van der Waals surface area (Å²) in [6.07, 6.45) is -9.88. The van der Waals surface area contributed by atoms with Gasteiger partial charge in [0.05, 0.1) is 16.6 Å². The van der Waals surface area contributed by atoms with E-state index in [9.17, 15) is 31.1 Å². The van der Waals surface area contributed by atoms with Crippen molar-refractivity contribution < 1.29 is 31.1 Å². The van der Waals surface area contributed by atoms with Crippen molar-refractivity contribution in [2.24, 2.45) is 5.73 Å². The quantitative estimate of drug-likeness (QED) is 0.395. The van der Waals surface area contributed by atoms with Gasteiger partial charge in [0, 0.05) is 28.4 Å². The van der Waals surface area contributed by atoms with Crippen molar-refractivity contribution >= 4 is 27.7 Å². The predicted molar refractivity (Wildman–Crippen MR) is 104 cm³/mol. The summed E-state index contributed by atoms with van der Waals surface area (Å²) in [6.45, 7) is -0.348. The molecule has 0 saturated heterocycles. The van der Waals surface area contributed by atoms with Crippen molar-refractivity contribution in [2.75, 3.05) is 0 Å². The van der Waals surface area contributed by atoms with Gasteiger partial charge >= 0.3 is 12.4 Å². The summed E-state index contributed by atoms with van der Waals surface area (Å²) in [7, 11) is 0. The molecule has 1 heterocycles. The molecule has 9 heteroatoms. The number of rotatable bonds is 3. The van der Waals surface area contributed by atoms with Gasteiger partial charge in [0.25, 0.3) is 0 Å². The highest BCUT2D eigenvalue weighted by Crippen LogP contribution is 2.39. The number of primary amides is 1. The Labute approximate surface area is 171 Å². The summed E-state index contributed by atoms with van der Waals surface area (Å²) >= 11 is 0. The molecule has 0 saturated carbocycles. The van der Waals surface area contributed by atoms with Gasteiger partial charge < -0.3 is 10.3 Å². The number of aromatic nitrogens is 1. The molecule has 1 amide bonds. The Bertz CT molecular complexity index is 1320. The Morgan fingerprint density at radius 1 is 0.839 bits per heavy atom. The number of fused-ring (bicyclic) bond motifs is 3. The largest absolute Gasteiger partial charge is 0.416 e. The molecule has 0 unspecified atom stereocenters. The second-order valence-corrected chi connectivity index (χ2v) is 7.03. The zero-order valence-electron chi connectivity index (χ0n) is 15.7. The summed E-state index contributed by atoms with van der Waals surface area (Å²) in [5, 5.41) is 1.08. The highest BCUT2D eigenvalue weighted by atomic mass is 19.4. The third kappa shape index (κ3) is 3.60. The first-order valence-electron chi connectivity index (χ1n) is 9.05. The third-order valence-corrected chi connectivity index (χ3v) is 5.13. The molecule has 1 aromatic heterocycles. The molecule has 0 bridgehead atoms. The van der Waals surface area contributed by atoms with Crippen LogP contribution in [-0.2, 0) is 18.9 Å². The molecule has 4 rings (SSSR count). The van der Waals surface area contributed by atoms with Crippen LogP contribution in [0.15, 0.2) is 60.7 Å². The lowest BCUT2D eigenvalue weighted by atomic mass is 10.0. The maximum Gasteiger partial charge on any atom is 0.416 e. The molecule has 0 radical (unpaired) electrons. The van der Waals surface area contributed by atoms with Gasteiger partial charge in [-0.25, -0.2) is 0 Å². The number of alkyl halides is 6. The molecule has 160 valence electrons. The van der Waals surface area contributed by atoms with Crippen LogP contribution in [0.5, 0.6) is 0 Å². The summed E-state index contributed by atoms with van der Waals surface area (Å²) in [5.41, 5.74) is 3.59. The molecule has 3 nitrogen and oxygen atoms in total. The molecule has 0 aliphatic heterocycles. The van der Waals surface area contributed by atoms with Crippen LogP contribution >= 0.6 is 0 Å². The SMILES string of the molecule is NC(=O)c1cccc2c1c1ccccc1n2Cc1ccc(C(F)(F)F)cc1C(F)(F)F. The van der Waals surface area contributed by atoms with Gasteiger partial charge in [0.1, 0.15) is 0 Å². The lowest BCUT2D eigenvalue weighted by molar-refractivity contribution is -0.143. The van der Waals surface area contributed by atoms with E-state index < -0.39 is 29.4 Å². The van der Waals surface area contributed by atoms with Gasteiger partial charge in [-0.05, 0) is 35.9 Å². The number of para-hydroxylation sites is 1. The molecule has 0 aliphatic rings. The third-order valence-electron chi connectivity index (χ3n) is 5.13.